The Kier molecular flexibility index (Phi) is 3.86. The molecule has 1 aromatic carbocycles. The lowest BCUT2D eigenvalue weighted by Gasteiger charge is -2.19. The number of anilines is 1. The number of nitrogens with one attached hydrogen (secondary N) is 1. The largest absolute Gasteiger partial charge is 0.497 e. The van der Waals surface area contributed by atoms with Gasteiger partial charge in [-0.3, -0.25) is 5.32 Å². The molecule has 0 saturated heterocycles. The van der Waals surface area contributed by atoms with E-state index in [2.05, 4.69) is 10.5 Å². The molecule has 1 aliphatic rings. The van der Waals surface area contributed by atoms with Crippen molar-refractivity contribution in [2.45, 2.75) is 13.5 Å². The van der Waals surface area contributed by atoms with E-state index in [1.54, 1.807) is 12.0 Å². The van der Waals surface area contributed by atoms with Crippen molar-refractivity contribution in [3.05, 3.63) is 35.6 Å². The number of benzene rings is 1. The lowest BCUT2D eigenvalue weighted by molar-refractivity contribution is 0.200. The molecule has 7 nitrogen and oxygen atoms in total. The van der Waals surface area contributed by atoms with Gasteiger partial charge in [0.05, 0.1) is 20.2 Å². The lowest BCUT2D eigenvalue weighted by Crippen LogP contribution is -2.36. The van der Waals surface area contributed by atoms with Crippen molar-refractivity contribution in [3.63, 3.8) is 0 Å². The molecule has 1 aliphatic heterocycles. The summed E-state index contributed by atoms with van der Waals surface area (Å²) in [6.07, 6.45) is 1.49. The fourth-order valence-corrected chi connectivity index (χ4v) is 2.24. The molecule has 0 bridgehead atoms. The molecular formula is C15H17N3O4. The van der Waals surface area contributed by atoms with Crippen LogP contribution in [-0.2, 0) is 6.54 Å². The van der Waals surface area contributed by atoms with Crippen molar-refractivity contribution < 1.29 is 18.8 Å². The number of urea groups is 1. The number of methoxy groups -OCH3 is 1. The van der Waals surface area contributed by atoms with E-state index in [9.17, 15) is 4.79 Å². The number of carbonyl (C=O) groups excluding carboxylic acids is 1. The van der Waals surface area contributed by atoms with Gasteiger partial charge in [-0.25, -0.2) is 4.79 Å². The molecule has 1 N–H and O–H groups in total. The Bertz CT molecular complexity index is 683. The first-order valence-electron chi connectivity index (χ1n) is 6.94. The summed E-state index contributed by atoms with van der Waals surface area (Å²) in [5, 5.41) is 6.50. The Hall–Kier alpha value is -2.70. The van der Waals surface area contributed by atoms with Crippen LogP contribution in [0.4, 0.5) is 10.6 Å². The summed E-state index contributed by atoms with van der Waals surface area (Å²) >= 11 is 0. The number of fused-ring (bicyclic) bond motifs is 1. The predicted molar refractivity (Wildman–Crippen MR) is 79.2 cm³/mol. The molecule has 0 aliphatic carbocycles. The molecule has 0 fully saturated rings. The van der Waals surface area contributed by atoms with E-state index >= 15 is 0 Å². The van der Waals surface area contributed by atoms with E-state index in [1.807, 2.05) is 25.1 Å². The molecule has 0 unspecified atom stereocenters. The first kappa shape index (κ1) is 14.2. The van der Waals surface area contributed by atoms with E-state index in [4.69, 9.17) is 14.0 Å². The molecule has 22 heavy (non-hydrogen) atoms. The van der Waals surface area contributed by atoms with Crippen molar-refractivity contribution in [2.75, 3.05) is 25.6 Å². The third-order valence-corrected chi connectivity index (χ3v) is 3.51. The molecule has 0 atom stereocenters. The van der Waals surface area contributed by atoms with Crippen LogP contribution in [0.2, 0.25) is 0 Å². The molecule has 2 amide bonds. The maximum absolute atomic E-state index is 12.4. The highest BCUT2D eigenvalue weighted by Crippen LogP contribution is 2.28. The van der Waals surface area contributed by atoms with Crippen molar-refractivity contribution in [1.29, 1.82) is 0 Å². The first-order chi connectivity index (χ1) is 10.7. The number of amides is 2. The van der Waals surface area contributed by atoms with Gasteiger partial charge in [0, 0.05) is 17.2 Å². The molecule has 0 spiro atoms. The van der Waals surface area contributed by atoms with Gasteiger partial charge in [0.15, 0.2) is 5.82 Å². The van der Waals surface area contributed by atoms with Crippen LogP contribution in [0.1, 0.15) is 11.1 Å². The minimum Gasteiger partial charge on any atom is -0.497 e. The maximum Gasteiger partial charge on any atom is 0.323 e. The number of aromatic nitrogens is 1. The Morgan fingerprint density at radius 3 is 3.05 bits per heavy atom. The average molecular weight is 303 g/mol. The third-order valence-electron chi connectivity index (χ3n) is 3.51. The lowest BCUT2D eigenvalue weighted by atomic mass is 10.2. The van der Waals surface area contributed by atoms with E-state index < -0.39 is 0 Å². The van der Waals surface area contributed by atoms with Crippen molar-refractivity contribution in [3.8, 4) is 11.5 Å². The van der Waals surface area contributed by atoms with Crippen LogP contribution in [0.25, 0.3) is 0 Å². The van der Waals surface area contributed by atoms with Crippen LogP contribution in [-0.4, -0.2) is 36.3 Å². The van der Waals surface area contributed by atoms with Gasteiger partial charge in [-0.05, 0) is 19.1 Å². The van der Waals surface area contributed by atoms with Gasteiger partial charge >= 0.3 is 6.03 Å². The maximum atomic E-state index is 12.4. The second-order valence-corrected chi connectivity index (χ2v) is 5.02. The number of hydrogen-bond acceptors (Lipinski definition) is 5. The summed E-state index contributed by atoms with van der Waals surface area (Å²) in [4.78, 5) is 14.0. The zero-order valence-corrected chi connectivity index (χ0v) is 12.5. The average Bonchev–Trinajstić information content (AvgIpc) is 2.81. The fraction of sp³-hybridized carbons (Fsp3) is 0.333. The van der Waals surface area contributed by atoms with Gasteiger partial charge in [-0.15, -0.1) is 0 Å². The summed E-state index contributed by atoms with van der Waals surface area (Å²) in [6.45, 7) is 3.19. The van der Waals surface area contributed by atoms with Crippen LogP contribution >= 0.6 is 0 Å². The van der Waals surface area contributed by atoms with Crippen LogP contribution in [0.5, 0.6) is 11.5 Å². The van der Waals surface area contributed by atoms with Crippen LogP contribution in [0.15, 0.2) is 29.0 Å². The number of carbonyl (C=O) groups is 1. The van der Waals surface area contributed by atoms with Crippen LogP contribution < -0.4 is 14.8 Å². The summed E-state index contributed by atoms with van der Waals surface area (Å²) in [5.74, 6) is 1.91. The molecule has 0 radical (unpaired) electrons. The second kappa shape index (κ2) is 5.97. The second-order valence-electron chi connectivity index (χ2n) is 5.02. The Balaban J connectivity index is 1.75. The highest BCUT2D eigenvalue weighted by atomic mass is 16.5. The van der Waals surface area contributed by atoms with E-state index in [0.717, 1.165) is 22.6 Å². The van der Waals surface area contributed by atoms with E-state index in [-0.39, 0.29) is 6.03 Å². The van der Waals surface area contributed by atoms with Crippen molar-refractivity contribution >= 4 is 11.8 Å². The van der Waals surface area contributed by atoms with Crippen LogP contribution in [0.3, 0.4) is 0 Å². The topological polar surface area (TPSA) is 76.8 Å². The molecule has 2 heterocycles. The molecular weight excluding hydrogens is 286 g/mol. The van der Waals surface area contributed by atoms with Gasteiger partial charge < -0.3 is 18.9 Å². The standard InChI is InChI=1S/C15H17N3O4/c1-10-9-22-17-14(10)16-15(19)18-5-6-21-13-7-12(20-2)4-3-11(13)8-18/h3-4,7,9H,5-6,8H2,1-2H3,(H,16,17,19). The Morgan fingerprint density at radius 1 is 1.45 bits per heavy atom. The van der Waals surface area contributed by atoms with Gasteiger partial charge in [0.1, 0.15) is 24.4 Å². The molecule has 0 saturated carbocycles. The molecule has 116 valence electrons. The highest BCUT2D eigenvalue weighted by Gasteiger charge is 2.21. The van der Waals surface area contributed by atoms with E-state index in [0.29, 0.717) is 25.5 Å². The zero-order valence-electron chi connectivity index (χ0n) is 12.5. The van der Waals surface area contributed by atoms with Gasteiger partial charge in [-0.2, -0.15) is 0 Å². The van der Waals surface area contributed by atoms with E-state index in [1.165, 1.54) is 6.26 Å². The smallest absolute Gasteiger partial charge is 0.323 e. The SMILES string of the molecule is COc1ccc2c(c1)OCCN(C(=O)Nc1nocc1C)C2. The molecule has 1 aromatic heterocycles. The number of rotatable bonds is 2. The van der Waals surface area contributed by atoms with Gasteiger partial charge in [-0.1, -0.05) is 5.16 Å². The quantitative estimate of drug-likeness (QED) is 0.922. The minimum atomic E-state index is -0.232. The third kappa shape index (κ3) is 2.83. The number of hydrogen-bond donors (Lipinski definition) is 1. The van der Waals surface area contributed by atoms with Crippen LogP contribution in [0, 0.1) is 6.92 Å². The molecule has 3 rings (SSSR count). The fourth-order valence-electron chi connectivity index (χ4n) is 2.24. The molecule has 2 aromatic rings. The monoisotopic (exact) mass is 303 g/mol. The summed E-state index contributed by atoms with van der Waals surface area (Å²) in [6, 6.07) is 5.36. The number of nitrogens with zero attached hydrogens (tertiary/aromatic N) is 2. The van der Waals surface area contributed by atoms with Crippen molar-refractivity contribution in [2.24, 2.45) is 0 Å². The normalized spacial score (nSPS) is 13.8. The van der Waals surface area contributed by atoms with Gasteiger partial charge in [0.2, 0.25) is 0 Å². The minimum absolute atomic E-state index is 0.232. The number of ether oxygens (including phenoxy) is 2. The Labute approximate surface area is 127 Å². The van der Waals surface area contributed by atoms with Crippen molar-refractivity contribution in [1.82, 2.24) is 10.1 Å². The highest BCUT2D eigenvalue weighted by molar-refractivity contribution is 5.88. The zero-order chi connectivity index (χ0) is 15.5. The first-order valence-corrected chi connectivity index (χ1v) is 6.94. The Morgan fingerprint density at radius 2 is 2.32 bits per heavy atom. The molecule has 7 heteroatoms. The number of aryl methyl sites for hydroxylation is 1. The summed E-state index contributed by atoms with van der Waals surface area (Å²) in [7, 11) is 1.61. The van der Waals surface area contributed by atoms with Gasteiger partial charge in [0.25, 0.3) is 0 Å². The summed E-state index contributed by atoms with van der Waals surface area (Å²) in [5.41, 5.74) is 1.72. The summed E-state index contributed by atoms with van der Waals surface area (Å²) < 4.78 is 15.7. The predicted octanol–water partition coefficient (Wildman–Crippen LogP) is 2.42.